The van der Waals surface area contributed by atoms with E-state index < -0.39 is 0 Å². The van der Waals surface area contributed by atoms with E-state index in [-0.39, 0.29) is 16.8 Å². The Kier molecular flexibility index (Phi) is 4.37. The Labute approximate surface area is 153 Å². The van der Waals surface area contributed by atoms with Gasteiger partial charge in [-0.05, 0) is 22.5 Å². The van der Waals surface area contributed by atoms with Crippen LogP contribution in [0.4, 0.5) is 11.6 Å². The van der Waals surface area contributed by atoms with Gasteiger partial charge in [-0.15, -0.1) is 0 Å². The van der Waals surface area contributed by atoms with Crippen LogP contribution >= 0.6 is 11.3 Å². The number of aromatic nitrogens is 2. The van der Waals surface area contributed by atoms with Crippen molar-refractivity contribution in [2.45, 2.75) is 12.5 Å². The van der Waals surface area contributed by atoms with Crippen LogP contribution in [0.3, 0.4) is 0 Å². The first-order valence-electron chi connectivity index (χ1n) is 8.18. The van der Waals surface area contributed by atoms with Crippen molar-refractivity contribution < 1.29 is 4.92 Å². The van der Waals surface area contributed by atoms with Crippen LogP contribution < -0.4 is 5.32 Å². The van der Waals surface area contributed by atoms with Gasteiger partial charge >= 0.3 is 5.82 Å². The van der Waals surface area contributed by atoms with E-state index in [0.29, 0.717) is 17.2 Å². The molecule has 0 radical (unpaired) electrons. The average molecular weight is 364 g/mol. The molecule has 1 atom stereocenters. The number of imidazole rings is 1. The zero-order chi connectivity index (χ0) is 17.9. The van der Waals surface area contributed by atoms with Crippen LogP contribution in [-0.2, 0) is 6.42 Å². The first-order valence-corrected chi connectivity index (χ1v) is 9.05. The van der Waals surface area contributed by atoms with Gasteiger partial charge in [-0.25, -0.2) is 0 Å². The van der Waals surface area contributed by atoms with E-state index in [2.05, 4.69) is 22.4 Å². The summed E-state index contributed by atoms with van der Waals surface area (Å²) in [6, 6.07) is 19.9. The number of nitrogens with one attached hydrogen (secondary N) is 1. The normalized spacial score (nSPS) is 12.2. The molecular weight excluding hydrogens is 348 g/mol. The van der Waals surface area contributed by atoms with E-state index in [4.69, 9.17) is 0 Å². The molecule has 0 saturated heterocycles. The maximum Gasteiger partial charge on any atom is 0.372 e. The zero-order valence-electron chi connectivity index (χ0n) is 13.8. The van der Waals surface area contributed by atoms with Gasteiger partial charge in [0.1, 0.15) is 6.20 Å². The summed E-state index contributed by atoms with van der Waals surface area (Å²) in [7, 11) is 0. The number of fused-ring (bicyclic) bond motifs is 1. The van der Waals surface area contributed by atoms with Crippen molar-refractivity contribution in [3.63, 3.8) is 0 Å². The molecule has 2 aromatic heterocycles. The van der Waals surface area contributed by atoms with E-state index in [1.807, 2.05) is 48.5 Å². The molecule has 0 spiro atoms. The second kappa shape index (κ2) is 6.97. The summed E-state index contributed by atoms with van der Waals surface area (Å²) in [6.07, 6.45) is 2.37. The van der Waals surface area contributed by atoms with Crippen molar-refractivity contribution in [2.75, 3.05) is 5.32 Å². The van der Waals surface area contributed by atoms with Crippen molar-refractivity contribution in [3.8, 4) is 0 Å². The Morgan fingerprint density at radius 1 is 1.12 bits per heavy atom. The fourth-order valence-electron chi connectivity index (χ4n) is 3.00. The highest BCUT2D eigenvalue weighted by molar-refractivity contribution is 7.15. The third-order valence-corrected chi connectivity index (χ3v) is 4.96. The molecule has 130 valence electrons. The van der Waals surface area contributed by atoms with E-state index in [0.717, 1.165) is 11.1 Å². The molecule has 0 aliphatic rings. The van der Waals surface area contributed by atoms with E-state index in [9.17, 15) is 10.1 Å². The molecule has 0 unspecified atom stereocenters. The van der Waals surface area contributed by atoms with Crippen molar-refractivity contribution in [1.29, 1.82) is 0 Å². The lowest BCUT2D eigenvalue weighted by molar-refractivity contribution is -0.389. The predicted octanol–water partition coefficient (Wildman–Crippen LogP) is 4.70. The lowest BCUT2D eigenvalue weighted by atomic mass is 9.99. The molecule has 2 aromatic carbocycles. The van der Waals surface area contributed by atoms with Crippen molar-refractivity contribution >= 4 is 27.9 Å². The molecule has 26 heavy (non-hydrogen) atoms. The van der Waals surface area contributed by atoms with Gasteiger partial charge in [0, 0.05) is 5.38 Å². The van der Waals surface area contributed by atoms with Crippen molar-refractivity contribution in [2.24, 2.45) is 0 Å². The van der Waals surface area contributed by atoms with Crippen LogP contribution in [0.15, 0.2) is 72.2 Å². The smallest absolute Gasteiger partial charge is 0.358 e. The molecule has 7 heteroatoms. The minimum Gasteiger partial charge on any atom is -0.358 e. The third-order valence-electron chi connectivity index (χ3n) is 4.21. The summed E-state index contributed by atoms with van der Waals surface area (Å²) in [5.74, 6) is 0.266. The van der Waals surface area contributed by atoms with Crippen LogP contribution in [0.5, 0.6) is 0 Å². The summed E-state index contributed by atoms with van der Waals surface area (Å²) in [5, 5.41) is 16.7. The molecule has 6 nitrogen and oxygen atoms in total. The molecule has 0 aliphatic carbocycles. The minimum atomic E-state index is -0.389. The highest BCUT2D eigenvalue weighted by atomic mass is 32.1. The van der Waals surface area contributed by atoms with Crippen LogP contribution in [0, 0.1) is 10.1 Å². The lowest BCUT2D eigenvalue weighted by Gasteiger charge is -2.19. The van der Waals surface area contributed by atoms with Gasteiger partial charge in [-0.2, -0.15) is 9.38 Å². The summed E-state index contributed by atoms with van der Waals surface area (Å²) in [5.41, 5.74) is 2.21. The highest BCUT2D eigenvalue weighted by Gasteiger charge is 2.26. The SMILES string of the molecule is O=[N+]([O-])c1c(N[C@H](Cc2ccccc2)c2ccccc2)nc2sccn12. The van der Waals surface area contributed by atoms with Crippen LogP contribution in [-0.4, -0.2) is 14.3 Å². The summed E-state index contributed by atoms with van der Waals surface area (Å²) in [4.78, 5) is 16.2. The molecule has 1 N–H and O–H groups in total. The third kappa shape index (κ3) is 3.16. The topological polar surface area (TPSA) is 72.5 Å². The largest absolute Gasteiger partial charge is 0.372 e. The summed E-state index contributed by atoms with van der Waals surface area (Å²) >= 11 is 1.37. The molecule has 0 bridgehead atoms. The standard InChI is InChI=1S/C19H16N4O2S/c24-23(25)18-17(21-19-22(18)11-12-26-19)20-16(15-9-5-2-6-10-15)13-14-7-3-1-4-8-14/h1-12,16,20H,13H2/t16-/m1/s1. The molecule has 0 aliphatic heterocycles. The summed E-state index contributed by atoms with van der Waals surface area (Å²) in [6.45, 7) is 0. The Morgan fingerprint density at radius 3 is 2.50 bits per heavy atom. The number of thiazole rings is 1. The molecular formula is C19H16N4O2S. The molecule has 4 aromatic rings. The number of nitrogens with zero attached hydrogens (tertiary/aromatic N) is 3. The minimum absolute atomic E-state index is 0.0322. The number of hydrogen-bond acceptors (Lipinski definition) is 5. The van der Waals surface area contributed by atoms with E-state index in [1.54, 1.807) is 11.6 Å². The lowest BCUT2D eigenvalue weighted by Crippen LogP contribution is -2.15. The monoisotopic (exact) mass is 364 g/mol. The van der Waals surface area contributed by atoms with Gasteiger partial charge in [-0.1, -0.05) is 72.0 Å². The zero-order valence-corrected chi connectivity index (χ0v) is 14.6. The Hall–Kier alpha value is -3.19. The molecule has 2 heterocycles. The quantitative estimate of drug-likeness (QED) is 0.398. The second-order valence-corrected chi connectivity index (χ2v) is 6.77. The maximum absolute atomic E-state index is 11.6. The Balaban J connectivity index is 1.72. The van der Waals surface area contributed by atoms with Gasteiger partial charge in [0.05, 0.1) is 6.04 Å². The van der Waals surface area contributed by atoms with E-state index in [1.165, 1.54) is 15.7 Å². The van der Waals surface area contributed by atoms with Gasteiger partial charge in [0.25, 0.3) is 4.96 Å². The predicted molar refractivity (Wildman–Crippen MR) is 103 cm³/mol. The van der Waals surface area contributed by atoms with Crippen molar-refractivity contribution in [3.05, 3.63) is 93.5 Å². The number of hydrogen-bond donors (Lipinski definition) is 1. The number of rotatable bonds is 6. The van der Waals surface area contributed by atoms with Gasteiger partial charge in [-0.3, -0.25) is 0 Å². The fourth-order valence-corrected chi connectivity index (χ4v) is 3.71. The van der Waals surface area contributed by atoms with E-state index >= 15 is 0 Å². The first kappa shape index (κ1) is 16.3. The number of anilines is 1. The average Bonchev–Trinajstić information content (AvgIpc) is 3.23. The van der Waals surface area contributed by atoms with Gasteiger partial charge < -0.3 is 15.4 Å². The number of nitro groups is 1. The van der Waals surface area contributed by atoms with Gasteiger partial charge in [0.2, 0.25) is 5.82 Å². The molecule has 0 amide bonds. The van der Waals surface area contributed by atoms with Gasteiger partial charge in [0.15, 0.2) is 0 Å². The molecule has 0 saturated carbocycles. The molecule has 0 fully saturated rings. The van der Waals surface area contributed by atoms with Crippen LogP contribution in [0.2, 0.25) is 0 Å². The number of benzene rings is 2. The van der Waals surface area contributed by atoms with Crippen LogP contribution in [0.1, 0.15) is 17.2 Å². The fraction of sp³-hybridized carbons (Fsp3) is 0.105. The highest BCUT2D eigenvalue weighted by Crippen LogP contribution is 2.32. The maximum atomic E-state index is 11.6. The van der Waals surface area contributed by atoms with Crippen molar-refractivity contribution in [1.82, 2.24) is 9.38 Å². The second-order valence-electron chi connectivity index (χ2n) is 5.89. The summed E-state index contributed by atoms with van der Waals surface area (Å²) < 4.78 is 1.51. The Morgan fingerprint density at radius 2 is 1.81 bits per heavy atom. The van der Waals surface area contributed by atoms with Crippen LogP contribution in [0.25, 0.3) is 4.96 Å². The first-order chi connectivity index (χ1) is 12.7. The molecule has 4 rings (SSSR count). The Bertz CT molecular complexity index is 1030.